The molecule has 1 amide bonds. The molecule has 0 saturated heterocycles. The van der Waals surface area contributed by atoms with Gasteiger partial charge in [0.1, 0.15) is 17.9 Å². The third kappa shape index (κ3) is 4.86. The first-order valence-electron chi connectivity index (χ1n) is 9.44. The third-order valence-electron chi connectivity index (χ3n) is 4.35. The van der Waals surface area contributed by atoms with Gasteiger partial charge in [0.2, 0.25) is 5.91 Å². The lowest BCUT2D eigenvalue weighted by molar-refractivity contribution is -0.115. The van der Waals surface area contributed by atoms with Crippen molar-refractivity contribution in [2.45, 2.75) is 6.42 Å². The van der Waals surface area contributed by atoms with Gasteiger partial charge < -0.3 is 15.8 Å². The lowest BCUT2D eigenvalue weighted by atomic mass is 10.2. The Morgan fingerprint density at radius 2 is 1.81 bits per heavy atom. The molecule has 0 bridgehead atoms. The molecule has 0 unspecified atom stereocenters. The van der Waals surface area contributed by atoms with Crippen molar-refractivity contribution in [3.05, 3.63) is 72.8 Å². The van der Waals surface area contributed by atoms with Crippen molar-refractivity contribution in [3.8, 4) is 40.3 Å². The number of rotatable bonds is 6. The summed E-state index contributed by atoms with van der Waals surface area (Å²) in [6.07, 6.45) is -0.205. The van der Waals surface area contributed by atoms with Gasteiger partial charge in [-0.15, -0.1) is 0 Å². The summed E-state index contributed by atoms with van der Waals surface area (Å²) in [7, 11) is 0. The second-order valence-corrected chi connectivity index (χ2v) is 6.67. The smallest absolute Gasteiger partial charge is 0.238 e. The quantitative estimate of drug-likeness (QED) is 0.405. The van der Waals surface area contributed by atoms with Gasteiger partial charge in [0, 0.05) is 22.5 Å². The van der Waals surface area contributed by atoms with E-state index in [9.17, 15) is 4.79 Å². The Labute approximate surface area is 178 Å². The van der Waals surface area contributed by atoms with Crippen molar-refractivity contribution in [2.75, 3.05) is 11.1 Å². The SMILES string of the molecule is N#CCC(=O)Nc1cccc(-c2n[nH]c(-c3cccc(Oc4ccc(N)cc4)c3)n2)c1. The van der Waals surface area contributed by atoms with Crippen LogP contribution >= 0.6 is 0 Å². The fourth-order valence-corrected chi connectivity index (χ4v) is 2.91. The molecule has 0 fully saturated rings. The molecule has 0 saturated carbocycles. The van der Waals surface area contributed by atoms with Crippen LogP contribution in [0.3, 0.4) is 0 Å². The zero-order valence-electron chi connectivity index (χ0n) is 16.4. The van der Waals surface area contributed by atoms with E-state index in [-0.39, 0.29) is 12.3 Å². The highest BCUT2D eigenvalue weighted by atomic mass is 16.5. The number of aromatic nitrogens is 3. The number of ether oxygens (including phenoxy) is 1. The molecule has 1 aromatic heterocycles. The molecular formula is C23H18N6O2. The van der Waals surface area contributed by atoms with Gasteiger partial charge in [-0.25, -0.2) is 4.98 Å². The van der Waals surface area contributed by atoms with E-state index in [1.165, 1.54) is 0 Å². The largest absolute Gasteiger partial charge is 0.457 e. The van der Waals surface area contributed by atoms with Gasteiger partial charge in [-0.1, -0.05) is 24.3 Å². The van der Waals surface area contributed by atoms with Crippen LogP contribution < -0.4 is 15.8 Å². The molecule has 3 aromatic carbocycles. The summed E-state index contributed by atoms with van der Waals surface area (Å²) in [5.74, 6) is 2.03. The Hall–Kier alpha value is -4.64. The topological polar surface area (TPSA) is 130 Å². The first-order valence-corrected chi connectivity index (χ1v) is 9.44. The molecule has 31 heavy (non-hydrogen) atoms. The van der Waals surface area contributed by atoms with Gasteiger partial charge in [-0.3, -0.25) is 9.89 Å². The minimum absolute atomic E-state index is 0.205. The maximum Gasteiger partial charge on any atom is 0.238 e. The number of amides is 1. The average molecular weight is 410 g/mol. The van der Waals surface area contributed by atoms with Crippen molar-refractivity contribution in [2.24, 2.45) is 0 Å². The highest BCUT2D eigenvalue weighted by Gasteiger charge is 2.10. The molecule has 0 spiro atoms. The second-order valence-electron chi connectivity index (χ2n) is 6.67. The number of carbonyl (C=O) groups is 1. The Bertz CT molecular complexity index is 1260. The molecule has 0 aliphatic heterocycles. The number of nitrogens with zero attached hydrogens (tertiary/aromatic N) is 3. The normalized spacial score (nSPS) is 10.3. The molecular weight excluding hydrogens is 392 g/mol. The van der Waals surface area contributed by atoms with Crippen LogP contribution in [0.15, 0.2) is 72.8 Å². The second kappa shape index (κ2) is 8.80. The van der Waals surface area contributed by atoms with E-state index in [0.29, 0.717) is 34.5 Å². The number of H-pyrrole nitrogens is 1. The van der Waals surface area contributed by atoms with E-state index in [2.05, 4.69) is 20.5 Å². The summed E-state index contributed by atoms with van der Waals surface area (Å²) in [5, 5.41) is 18.5. The van der Waals surface area contributed by atoms with Crippen LogP contribution in [0.4, 0.5) is 11.4 Å². The van der Waals surface area contributed by atoms with Crippen LogP contribution in [0.25, 0.3) is 22.8 Å². The van der Waals surface area contributed by atoms with Gasteiger partial charge >= 0.3 is 0 Å². The first kappa shape index (κ1) is 19.7. The summed E-state index contributed by atoms with van der Waals surface area (Å²) in [5.41, 5.74) is 8.49. The maximum absolute atomic E-state index is 11.6. The molecule has 1 heterocycles. The minimum atomic E-state index is -0.367. The molecule has 8 heteroatoms. The number of benzene rings is 3. The molecule has 4 N–H and O–H groups in total. The molecule has 4 aromatic rings. The monoisotopic (exact) mass is 410 g/mol. The minimum Gasteiger partial charge on any atom is -0.457 e. The predicted octanol–water partition coefficient (Wildman–Crippen LogP) is 4.37. The van der Waals surface area contributed by atoms with Crippen LogP contribution in [0.5, 0.6) is 11.5 Å². The number of nitrogens with two attached hydrogens (primary N) is 1. The summed E-state index contributed by atoms with van der Waals surface area (Å²) >= 11 is 0. The van der Waals surface area contributed by atoms with Crippen LogP contribution in [0.1, 0.15) is 6.42 Å². The Morgan fingerprint density at radius 1 is 1.03 bits per heavy atom. The van der Waals surface area contributed by atoms with Crippen LogP contribution in [0, 0.1) is 11.3 Å². The van der Waals surface area contributed by atoms with Gasteiger partial charge in [0.25, 0.3) is 0 Å². The van der Waals surface area contributed by atoms with E-state index >= 15 is 0 Å². The Balaban J connectivity index is 1.53. The lowest BCUT2D eigenvalue weighted by Crippen LogP contribution is -2.09. The Morgan fingerprint density at radius 3 is 2.61 bits per heavy atom. The molecule has 0 atom stereocenters. The molecule has 0 radical (unpaired) electrons. The van der Waals surface area contributed by atoms with Crippen molar-refractivity contribution >= 4 is 17.3 Å². The number of aromatic amines is 1. The molecule has 8 nitrogen and oxygen atoms in total. The standard InChI is InChI=1S/C23H18N6O2/c24-12-11-21(30)26-18-5-1-3-15(13-18)22-27-23(29-28-22)16-4-2-6-20(14-16)31-19-9-7-17(25)8-10-19/h1-10,13-14H,11,25H2,(H,26,30)(H,27,28,29). The summed E-state index contributed by atoms with van der Waals surface area (Å²) in [6.45, 7) is 0. The van der Waals surface area contributed by atoms with Crippen LogP contribution in [0.2, 0.25) is 0 Å². The summed E-state index contributed by atoms with van der Waals surface area (Å²) in [4.78, 5) is 16.2. The molecule has 0 aliphatic rings. The highest BCUT2D eigenvalue weighted by molar-refractivity contribution is 5.92. The number of nitrogen functional groups attached to an aromatic ring is 1. The molecule has 152 valence electrons. The van der Waals surface area contributed by atoms with Crippen LogP contribution in [-0.4, -0.2) is 21.1 Å². The van der Waals surface area contributed by atoms with Gasteiger partial charge in [0.05, 0.1) is 6.07 Å². The van der Waals surface area contributed by atoms with Gasteiger partial charge in [0.15, 0.2) is 11.6 Å². The Kier molecular flexibility index (Phi) is 5.58. The van der Waals surface area contributed by atoms with Crippen LogP contribution in [-0.2, 0) is 4.79 Å². The van der Waals surface area contributed by atoms with E-state index in [1.807, 2.05) is 36.4 Å². The predicted molar refractivity (Wildman–Crippen MR) is 117 cm³/mol. The molecule has 0 aliphatic carbocycles. The van der Waals surface area contributed by atoms with E-state index in [4.69, 9.17) is 15.7 Å². The summed E-state index contributed by atoms with van der Waals surface area (Å²) in [6, 6.07) is 23.6. The van der Waals surface area contributed by atoms with E-state index in [0.717, 1.165) is 11.1 Å². The zero-order valence-corrected chi connectivity index (χ0v) is 16.4. The van der Waals surface area contributed by atoms with Crippen molar-refractivity contribution in [1.29, 1.82) is 5.26 Å². The number of nitrogens with one attached hydrogen (secondary N) is 2. The number of carbonyl (C=O) groups excluding carboxylic acids is 1. The van der Waals surface area contributed by atoms with Crippen molar-refractivity contribution in [1.82, 2.24) is 15.2 Å². The van der Waals surface area contributed by atoms with E-state index < -0.39 is 0 Å². The average Bonchev–Trinajstić information content (AvgIpc) is 3.26. The van der Waals surface area contributed by atoms with Crippen molar-refractivity contribution in [3.63, 3.8) is 0 Å². The third-order valence-corrected chi connectivity index (χ3v) is 4.35. The summed E-state index contributed by atoms with van der Waals surface area (Å²) < 4.78 is 5.88. The van der Waals surface area contributed by atoms with E-state index in [1.54, 1.807) is 42.5 Å². The van der Waals surface area contributed by atoms with Gasteiger partial charge in [-0.05, 0) is 48.5 Å². The highest BCUT2D eigenvalue weighted by Crippen LogP contribution is 2.27. The number of hydrogen-bond donors (Lipinski definition) is 3. The number of nitriles is 1. The van der Waals surface area contributed by atoms with Gasteiger partial charge in [-0.2, -0.15) is 10.4 Å². The fraction of sp³-hybridized carbons (Fsp3) is 0.0435. The first-order chi connectivity index (χ1) is 15.1. The maximum atomic E-state index is 11.6. The lowest BCUT2D eigenvalue weighted by Gasteiger charge is -2.07. The zero-order chi connectivity index (χ0) is 21.6. The number of anilines is 2. The number of hydrogen-bond acceptors (Lipinski definition) is 6. The molecule has 4 rings (SSSR count). The fourth-order valence-electron chi connectivity index (χ4n) is 2.91. The van der Waals surface area contributed by atoms with Crippen molar-refractivity contribution < 1.29 is 9.53 Å².